The van der Waals surface area contributed by atoms with E-state index in [1.165, 1.54) is 34.8 Å². The second-order valence-corrected chi connectivity index (χ2v) is 9.37. The van der Waals surface area contributed by atoms with E-state index in [1.807, 2.05) is 84.9 Å². The number of thiophene rings is 2. The topological polar surface area (TPSA) is 63.4 Å². The zero-order chi connectivity index (χ0) is 22.1. The SMILES string of the molecule is O=[N+]([O-])c1cc(-c2ccc(-c3ccccc3)s2)c(O)c(-c2ccc(-c3ccccc3)s2)c1. The van der Waals surface area contributed by atoms with Crippen molar-refractivity contribution in [1.29, 1.82) is 0 Å². The normalized spacial score (nSPS) is 10.9. The van der Waals surface area contributed by atoms with Gasteiger partial charge in [-0.2, -0.15) is 0 Å². The Balaban J connectivity index is 1.61. The van der Waals surface area contributed by atoms with Gasteiger partial charge in [-0.15, -0.1) is 22.7 Å². The molecule has 4 nitrogen and oxygen atoms in total. The van der Waals surface area contributed by atoms with Crippen molar-refractivity contribution in [3.05, 3.63) is 107 Å². The summed E-state index contributed by atoms with van der Waals surface area (Å²) in [4.78, 5) is 14.9. The highest BCUT2D eigenvalue weighted by Gasteiger charge is 2.21. The molecule has 2 heterocycles. The van der Waals surface area contributed by atoms with Gasteiger partial charge in [0.15, 0.2) is 0 Å². The van der Waals surface area contributed by atoms with Crippen LogP contribution in [0.15, 0.2) is 97.1 Å². The molecule has 0 saturated carbocycles. The standard InChI is InChI=1S/C26H17NO3S2/c28-26-20(24-13-11-22(31-24)17-7-3-1-4-8-17)15-19(27(29)30)16-21(26)25-14-12-23(32-25)18-9-5-2-6-10-18/h1-16,28H. The second kappa shape index (κ2) is 8.42. The van der Waals surface area contributed by atoms with Gasteiger partial charge in [0, 0.05) is 42.8 Å². The van der Waals surface area contributed by atoms with Gasteiger partial charge in [-0.1, -0.05) is 60.7 Å². The molecule has 0 unspecified atom stereocenters. The molecule has 0 fully saturated rings. The first-order chi connectivity index (χ1) is 15.6. The molecule has 1 N–H and O–H groups in total. The van der Waals surface area contributed by atoms with E-state index in [4.69, 9.17) is 0 Å². The maximum Gasteiger partial charge on any atom is 0.271 e. The summed E-state index contributed by atoms with van der Waals surface area (Å²) in [5, 5.41) is 22.8. The van der Waals surface area contributed by atoms with Crippen LogP contribution in [-0.2, 0) is 0 Å². The molecule has 0 amide bonds. The molecule has 2 aromatic heterocycles. The number of hydrogen-bond acceptors (Lipinski definition) is 5. The molecule has 0 saturated heterocycles. The first-order valence-electron chi connectivity index (χ1n) is 9.93. The molecular formula is C26H17NO3S2. The summed E-state index contributed by atoms with van der Waals surface area (Å²) in [7, 11) is 0. The van der Waals surface area contributed by atoms with Crippen molar-refractivity contribution in [2.24, 2.45) is 0 Å². The number of hydrogen-bond donors (Lipinski definition) is 1. The van der Waals surface area contributed by atoms with Gasteiger partial charge in [-0.05, 0) is 35.4 Å². The Bertz CT molecular complexity index is 1310. The molecule has 3 aromatic carbocycles. The van der Waals surface area contributed by atoms with Crippen molar-refractivity contribution in [2.45, 2.75) is 0 Å². The molecule has 6 heteroatoms. The van der Waals surface area contributed by atoms with Crippen molar-refractivity contribution in [2.75, 3.05) is 0 Å². The number of aromatic hydroxyl groups is 1. The first kappa shape index (κ1) is 20.2. The van der Waals surface area contributed by atoms with E-state index >= 15 is 0 Å². The minimum Gasteiger partial charge on any atom is -0.507 e. The van der Waals surface area contributed by atoms with Crippen molar-refractivity contribution < 1.29 is 10.0 Å². The third kappa shape index (κ3) is 3.82. The predicted octanol–water partition coefficient (Wildman–Crippen LogP) is 8.09. The molecule has 5 rings (SSSR count). The Morgan fingerprint density at radius 2 is 1.03 bits per heavy atom. The molecule has 0 aliphatic carbocycles. The Kier molecular flexibility index (Phi) is 5.31. The summed E-state index contributed by atoms with van der Waals surface area (Å²) >= 11 is 3.00. The molecule has 156 valence electrons. The van der Waals surface area contributed by atoms with Crippen LogP contribution in [-0.4, -0.2) is 10.0 Å². The van der Waals surface area contributed by atoms with E-state index in [0.717, 1.165) is 30.6 Å². The Morgan fingerprint density at radius 3 is 1.44 bits per heavy atom. The van der Waals surface area contributed by atoms with E-state index in [0.29, 0.717) is 11.1 Å². The fourth-order valence-electron chi connectivity index (χ4n) is 3.58. The summed E-state index contributed by atoms with van der Waals surface area (Å²) in [5.74, 6) is 0.0542. The quantitative estimate of drug-likeness (QED) is 0.215. The van der Waals surface area contributed by atoms with E-state index in [9.17, 15) is 15.2 Å². The van der Waals surface area contributed by atoms with Crippen LogP contribution >= 0.6 is 22.7 Å². The number of rotatable bonds is 5. The zero-order valence-electron chi connectivity index (χ0n) is 16.8. The third-order valence-electron chi connectivity index (χ3n) is 5.17. The van der Waals surface area contributed by atoms with E-state index in [2.05, 4.69) is 0 Å². The largest absolute Gasteiger partial charge is 0.507 e. The fraction of sp³-hybridized carbons (Fsp3) is 0. The summed E-state index contributed by atoms with van der Waals surface area (Å²) in [6, 6.07) is 30.5. The maximum absolute atomic E-state index is 11.7. The number of nitro groups is 1. The van der Waals surface area contributed by atoms with Gasteiger partial charge in [-0.25, -0.2) is 0 Å². The zero-order valence-corrected chi connectivity index (χ0v) is 18.4. The lowest BCUT2D eigenvalue weighted by Gasteiger charge is -2.08. The van der Waals surface area contributed by atoms with Gasteiger partial charge in [-0.3, -0.25) is 10.1 Å². The van der Waals surface area contributed by atoms with Crippen molar-refractivity contribution in [3.8, 4) is 47.5 Å². The molecule has 0 bridgehead atoms. The lowest BCUT2D eigenvalue weighted by molar-refractivity contribution is -0.384. The predicted molar refractivity (Wildman–Crippen MR) is 132 cm³/mol. The second-order valence-electron chi connectivity index (χ2n) is 7.21. The van der Waals surface area contributed by atoms with Crippen LogP contribution in [0.3, 0.4) is 0 Å². The van der Waals surface area contributed by atoms with Gasteiger partial charge in [0.1, 0.15) is 5.75 Å². The number of benzene rings is 3. The smallest absolute Gasteiger partial charge is 0.271 e. The first-order valence-corrected chi connectivity index (χ1v) is 11.6. The van der Waals surface area contributed by atoms with Gasteiger partial charge >= 0.3 is 0 Å². The lowest BCUT2D eigenvalue weighted by atomic mass is 10.0. The monoisotopic (exact) mass is 455 g/mol. The van der Waals surface area contributed by atoms with Crippen LogP contribution in [0.25, 0.3) is 41.8 Å². The summed E-state index contributed by atoms with van der Waals surface area (Å²) in [6.07, 6.45) is 0. The summed E-state index contributed by atoms with van der Waals surface area (Å²) in [5.41, 5.74) is 3.03. The Labute approximate surface area is 192 Å². The number of non-ortho nitro benzene ring substituents is 1. The molecule has 32 heavy (non-hydrogen) atoms. The van der Waals surface area contributed by atoms with Gasteiger partial charge < -0.3 is 5.11 Å². The van der Waals surface area contributed by atoms with E-state index in [1.54, 1.807) is 0 Å². The van der Waals surface area contributed by atoms with Gasteiger partial charge in [0.2, 0.25) is 0 Å². The van der Waals surface area contributed by atoms with E-state index in [-0.39, 0.29) is 11.4 Å². The van der Waals surface area contributed by atoms with E-state index < -0.39 is 4.92 Å². The number of nitro benzene ring substituents is 1. The lowest BCUT2D eigenvalue weighted by Crippen LogP contribution is -1.90. The summed E-state index contributed by atoms with van der Waals surface area (Å²) < 4.78 is 0. The van der Waals surface area contributed by atoms with Crippen molar-refractivity contribution in [1.82, 2.24) is 0 Å². The molecule has 0 spiro atoms. The van der Waals surface area contributed by atoms with Crippen LogP contribution in [0.2, 0.25) is 0 Å². The highest BCUT2D eigenvalue weighted by Crippen LogP contribution is 2.47. The van der Waals surface area contributed by atoms with Crippen molar-refractivity contribution in [3.63, 3.8) is 0 Å². The average Bonchev–Trinajstić information content (AvgIpc) is 3.51. The number of phenols is 1. The average molecular weight is 456 g/mol. The Hall–Kier alpha value is -3.74. The van der Waals surface area contributed by atoms with Crippen LogP contribution in [0.1, 0.15) is 0 Å². The van der Waals surface area contributed by atoms with Gasteiger partial charge in [0.05, 0.1) is 4.92 Å². The highest BCUT2D eigenvalue weighted by atomic mass is 32.1. The fourth-order valence-corrected chi connectivity index (χ4v) is 5.64. The Morgan fingerprint density at radius 1 is 0.625 bits per heavy atom. The van der Waals surface area contributed by atoms with Crippen molar-refractivity contribution >= 4 is 28.4 Å². The number of phenolic OH excluding ortho intramolecular Hbond substituents is 1. The summed E-state index contributed by atoms with van der Waals surface area (Å²) in [6.45, 7) is 0. The minimum absolute atomic E-state index is 0.0443. The molecular weight excluding hydrogens is 438 g/mol. The van der Waals surface area contributed by atoms with Crippen LogP contribution < -0.4 is 0 Å². The molecule has 5 aromatic rings. The minimum atomic E-state index is -0.413. The molecule has 0 aliphatic rings. The molecule has 0 aliphatic heterocycles. The molecule has 0 radical (unpaired) electrons. The highest BCUT2D eigenvalue weighted by molar-refractivity contribution is 7.19. The van der Waals surface area contributed by atoms with Gasteiger partial charge in [0.25, 0.3) is 5.69 Å². The molecule has 0 atom stereocenters. The van der Waals surface area contributed by atoms with Crippen LogP contribution in [0.4, 0.5) is 5.69 Å². The van der Waals surface area contributed by atoms with Crippen LogP contribution in [0, 0.1) is 10.1 Å². The third-order valence-corrected chi connectivity index (χ3v) is 7.50. The maximum atomic E-state index is 11.7. The number of nitrogens with zero attached hydrogens (tertiary/aromatic N) is 1. The van der Waals surface area contributed by atoms with Crippen LogP contribution in [0.5, 0.6) is 5.75 Å².